The van der Waals surface area contributed by atoms with Gasteiger partial charge in [-0.25, -0.2) is 9.78 Å². The molecule has 1 aliphatic heterocycles. The van der Waals surface area contributed by atoms with Gasteiger partial charge in [0.2, 0.25) is 0 Å². The summed E-state index contributed by atoms with van der Waals surface area (Å²) in [5.74, 6) is -0.792. The standard InChI is InChI=1S/C23H22N2O3S/c1-3-16-8-10-18(11-9-16)21-24-19(14-29-21)23(27)28-15(2)22(26)25-13-12-17-6-4-5-7-20(17)25/h4-11,14-15H,3,12-13H2,1-2H3/t15-/m1/s1. The van der Waals surface area contributed by atoms with Crippen LogP contribution in [0.25, 0.3) is 10.6 Å². The zero-order valence-electron chi connectivity index (χ0n) is 16.4. The van der Waals surface area contributed by atoms with E-state index >= 15 is 0 Å². The Bertz CT molecular complexity index is 1040. The summed E-state index contributed by atoms with van der Waals surface area (Å²) >= 11 is 1.39. The van der Waals surface area contributed by atoms with E-state index in [0.717, 1.165) is 34.7 Å². The van der Waals surface area contributed by atoms with Gasteiger partial charge in [0.25, 0.3) is 5.91 Å². The van der Waals surface area contributed by atoms with Gasteiger partial charge in [0.05, 0.1) is 0 Å². The first-order valence-corrected chi connectivity index (χ1v) is 10.6. The largest absolute Gasteiger partial charge is 0.448 e. The molecule has 29 heavy (non-hydrogen) atoms. The predicted octanol–water partition coefficient (Wildman–Crippen LogP) is 4.51. The number of nitrogens with zero attached hydrogens (tertiary/aromatic N) is 2. The van der Waals surface area contributed by atoms with Crippen molar-refractivity contribution in [3.8, 4) is 10.6 Å². The highest BCUT2D eigenvalue weighted by molar-refractivity contribution is 7.13. The third-order valence-corrected chi connectivity index (χ3v) is 6.00. The zero-order chi connectivity index (χ0) is 20.4. The lowest BCUT2D eigenvalue weighted by molar-refractivity contribution is -0.126. The van der Waals surface area contributed by atoms with Crippen LogP contribution in [0.3, 0.4) is 0 Å². The van der Waals surface area contributed by atoms with Crippen LogP contribution in [0.5, 0.6) is 0 Å². The summed E-state index contributed by atoms with van der Waals surface area (Å²) < 4.78 is 5.43. The van der Waals surface area contributed by atoms with Crippen LogP contribution in [0.4, 0.5) is 5.69 Å². The lowest BCUT2D eigenvalue weighted by Gasteiger charge is -2.21. The molecule has 0 N–H and O–H groups in total. The van der Waals surface area contributed by atoms with E-state index < -0.39 is 12.1 Å². The Kier molecular flexibility index (Phi) is 5.45. The summed E-state index contributed by atoms with van der Waals surface area (Å²) in [4.78, 5) is 31.4. The molecule has 4 rings (SSSR count). The molecule has 2 heterocycles. The third-order valence-electron chi connectivity index (χ3n) is 5.11. The number of carbonyl (C=O) groups is 2. The first-order chi connectivity index (χ1) is 14.1. The topological polar surface area (TPSA) is 59.5 Å². The molecule has 0 aliphatic carbocycles. The smallest absolute Gasteiger partial charge is 0.358 e. The molecule has 0 radical (unpaired) electrons. The first kappa shape index (κ1) is 19.3. The van der Waals surface area contributed by atoms with E-state index in [4.69, 9.17) is 4.74 Å². The lowest BCUT2D eigenvalue weighted by atomic mass is 10.1. The van der Waals surface area contributed by atoms with E-state index in [1.807, 2.05) is 36.4 Å². The molecule has 0 fully saturated rings. The third kappa shape index (κ3) is 3.93. The second-order valence-corrected chi connectivity index (χ2v) is 7.86. The fourth-order valence-electron chi connectivity index (χ4n) is 3.44. The molecular weight excluding hydrogens is 384 g/mol. The predicted molar refractivity (Wildman–Crippen MR) is 114 cm³/mol. The maximum Gasteiger partial charge on any atom is 0.358 e. The number of aryl methyl sites for hydroxylation is 1. The molecule has 0 saturated carbocycles. The molecule has 148 valence electrons. The van der Waals surface area contributed by atoms with Gasteiger partial charge in [0.1, 0.15) is 5.01 Å². The summed E-state index contributed by atoms with van der Waals surface area (Å²) in [6, 6.07) is 15.9. The fraction of sp³-hybridized carbons (Fsp3) is 0.261. The number of esters is 1. The number of hydrogen-bond acceptors (Lipinski definition) is 5. The van der Waals surface area contributed by atoms with Gasteiger partial charge in [0, 0.05) is 23.2 Å². The second kappa shape index (κ2) is 8.17. The summed E-state index contributed by atoms with van der Waals surface area (Å²) in [5, 5.41) is 2.43. The maximum atomic E-state index is 12.8. The molecule has 5 nitrogen and oxygen atoms in total. The van der Waals surface area contributed by atoms with Gasteiger partial charge < -0.3 is 9.64 Å². The molecule has 0 unspecified atom stereocenters. The van der Waals surface area contributed by atoms with Gasteiger partial charge in [-0.1, -0.05) is 49.4 Å². The van der Waals surface area contributed by atoms with Crippen LogP contribution in [0.15, 0.2) is 53.9 Å². The van der Waals surface area contributed by atoms with E-state index in [-0.39, 0.29) is 11.6 Å². The Morgan fingerprint density at radius 3 is 2.69 bits per heavy atom. The monoisotopic (exact) mass is 406 g/mol. The van der Waals surface area contributed by atoms with E-state index in [0.29, 0.717) is 6.54 Å². The van der Waals surface area contributed by atoms with Crippen molar-refractivity contribution < 1.29 is 14.3 Å². The Hall–Kier alpha value is -2.99. The van der Waals surface area contributed by atoms with Gasteiger partial charge in [-0.05, 0) is 37.0 Å². The summed E-state index contributed by atoms with van der Waals surface area (Å²) in [5.41, 5.74) is 4.47. The lowest BCUT2D eigenvalue weighted by Crippen LogP contribution is -2.39. The first-order valence-electron chi connectivity index (χ1n) is 9.72. The van der Waals surface area contributed by atoms with Crippen molar-refractivity contribution in [3.05, 3.63) is 70.7 Å². The average molecular weight is 407 g/mol. The molecule has 6 heteroatoms. The summed E-state index contributed by atoms with van der Waals surface area (Å²) in [6.45, 7) is 4.32. The van der Waals surface area contributed by atoms with Crippen LogP contribution in [-0.4, -0.2) is 29.5 Å². The highest BCUT2D eigenvalue weighted by Gasteiger charge is 2.30. The highest BCUT2D eigenvalue weighted by Crippen LogP contribution is 2.29. The van der Waals surface area contributed by atoms with Gasteiger partial charge in [-0.2, -0.15) is 0 Å². The van der Waals surface area contributed by atoms with E-state index in [2.05, 4.69) is 24.0 Å². The molecule has 1 aliphatic rings. The van der Waals surface area contributed by atoms with Gasteiger partial charge in [-0.3, -0.25) is 4.79 Å². The Morgan fingerprint density at radius 2 is 1.93 bits per heavy atom. The van der Waals surface area contributed by atoms with E-state index in [9.17, 15) is 9.59 Å². The van der Waals surface area contributed by atoms with Crippen molar-refractivity contribution in [1.29, 1.82) is 0 Å². The van der Waals surface area contributed by atoms with Crippen LogP contribution in [0.2, 0.25) is 0 Å². The van der Waals surface area contributed by atoms with Gasteiger partial charge >= 0.3 is 5.97 Å². The zero-order valence-corrected chi connectivity index (χ0v) is 17.2. The van der Waals surface area contributed by atoms with E-state index in [1.54, 1.807) is 17.2 Å². The van der Waals surface area contributed by atoms with Crippen molar-refractivity contribution in [1.82, 2.24) is 4.98 Å². The highest BCUT2D eigenvalue weighted by atomic mass is 32.1. The molecule has 1 amide bonds. The SMILES string of the molecule is CCc1ccc(-c2nc(C(=O)O[C@H](C)C(=O)N3CCc4ccccc43)cs2)cc1. The molecule has 0 spiro atoms. The van der Waals surface area contributed by atoms with Crippen LogP contribution < -0.4 is 4.90 Å². The number of hydrogen-bond donors (Lipinski definition) is 0. The number of carbonyl (C=O) groups excluding carboxylic acids is 2. The Balaban J connectivity index is 1.43. The minimum Gasteiger partial charge on any atom is -0.448 e. The molecule has 1 atom stereocenters. The van der Waals surface area contributed by atoms with Crippen molar-refractivity contribution in [2.45, 2.75) is 32.8 Å². The Morgan fingerprint density at radius 1 is 1.17 bits per heavy atom. The quantitative estimate of drug-likeness (QED) is 0.585. The molecule has 3 aromatic rings. The van der Waals surface area contributed by atoms with Crippen molar-refractivity contribution in [2.24, 2.45) is 0 Å². The number of amides is 1. The number of anilines is 1. The minimum atomic E-state index is -0.873. The molecular formula is C23H22N2O3S. The number of benzene rings is 2. The van der Waals surface area contributed by atoms with E-state index in [1.165, 1.54) is 16.9 Å². The van der Waals surface area contributed by atoms with Crippen LogP contribution in [-0.2, 0) is 22.4 Å². The van der Waals surface area contributed by atoms with Crippen molar-refractivity contribution >= 4 is 28.9 Å². The second-order valence-electron chi connectivity index (χ2n) is 7.00. The number of aromatic nitrogens is 1. The van der Waals surface area contributed by atoms with Crippen LogP contribution in [0, 0.1) is 0 Å². The molecule has 0 bridgehead atoms. The Labute approximate surface area is 174 Å². The number of para-hydroxylation sites is 1. The molecule has 1 aromatic heterocycles. The number of ether oxygens (including phenoxy) is 1. The minimum absolute atomic E-state index is 0.214. The number of thiazole rings is 1. The van der Waals surface area contributed by atoms with Gasteiger partial charge in [-0.15, -0.1) is 11.3 Å². The fourth-order valence-corrected chi connectivity index (χ4v) is 4.24. The van der Waals surface area contributed by atoms with Crippen molar-refractivity contribution in [2.75, 3.05) is 11.4 Å². The van der Waals surface area contributed by atoms with Gasteiger partial charge in [0.15, 0.2) is 11.8 Å². The van der Waals surface area contributed by atoms with Crippen molar-refractivity contribution in [3.63, 3.8) is 0 Å². The summed E-state index contributed by atoms with van der Waals surface area (Å²) in [6.07, 6.45) is 0.917. The van der Waals surface area contributed by atoms with Crippen LogP contribution in [0.1, 0.15) is 35.5 Å². The maximum absolute atomic E-state index is 12.8. The normalized spacial score (nSPS) is 13.8. The van der Waals surface area contributed by atoms with Crippen LogP contribution >= 0.6 is 11.3 Å². The number of fused-ring (bicyclic) bond motifs is 1. The number of rotatable bonds is 5. The average Bonchev–Trinajstić information content (AvgIpc) is 3.41. The summed E-state index contributed by atoms with van der Waals surface area (Å²) in [7, 11) is 0. The molecule has 2 aromatic carbocycles. The molecule has 0 saturated heterocycles.